The molecule has 0 saturated carbocycles. The van der Waals surface area contributed by atoms with Gasteiger partial charge in [-0.25, -0.2) is 0 Å². The molecule has 2 aromatic carbocycles. The monoisotopic (exact) mass is 300 g/mol. The maximum atomic E-state index is 11.4. The van der Waals surface area contributed by atoms with Gasteiger partial charge in [-0.1, -0.05) is 42.8 Å². The highest BCUT2D eigenvalue weighted by molar-refractivity contribution is 6.32. The predicted molar refractivity (Wildman–Crippen MR) is 85.6 cm³/mol. The molecule has 2 aromatic rings. The van der Waals surface area contributed by atoms with Gasteiger partial charge in [-0.2, -0.15) is 0 Å². The van der Waals surface area contributed by atoms with E-state index in [-0.39, 0.29) is 11.9 Å². The van der Waals surface area contributed by atoms with Crippen molar-refractivity contribution in [1.29, 1.82) is 0 Å². The second-order valence-electron chi connectivity index (χ2n) is 5.33. The van der Waals surface area contributed by atoms with Crippen molar-refractivity contribution in [3.05, 3.63) is 63.7 Å². The minimum Gasteiger partial charge on any atom is -0.325 e. The van der Waals surface area contributed by atoms with Gasteiger partial charge in [0.1, 0.15) is 0 Å². The highest BCUT2D eigenvalue weighted by Crippen LogP contribution is 2.34. The molecule has 0 saturated heterocycles. The zero-order chi connectivity index (χ0) is 15.0. The van der Waals surface area contributed by atoms with E-state index in [2.05, 4.69) is 24.4 Å². The first-order valence-electron chi connectivity index (χ1n) is 7.05. The van der Waals surface area contributed by atoms with Crippen LogP contribution in [0, 0.1) is 0 Å². The van der Waals surface area contributed by atoms with Gasteiger partial charge in [-0.15, -0.1) is 0 Å². The molecule has 1 atom stereocenters. The average Bonchev–Trinajstić information content (AvgIpc) is 2.85. The van der Waals surface area contributed by atoms with E-state index in [0.29, 0.717) is 11.4 Å². The lowest BCUT2D eigenvalue weighted by Crippen LogP contribution is -2.12. The molecule has 1 amide bonds. The molecule has 1 aliphatic heterocycles. The summed E-state index contributed by atoms with van der Waals surface area (Å²) < 4.78 is 0. The van der Waals surface area contributed by atoms with Crippen LogP contribution in [0.1, 0.15) is 35.2 Å². The molecule has 0 fully saturated rings. The van der Waals surface area contributed by atoms with E-state index in [1.54, 1.807) is 6.07 Å². The van der Waals surface area contributed by atoms with Crippen molar-refractivity contribution in [2.24, 2.45) is 5.73 Å². The maximum Gasteiger partial charge on any atom is 0.228 e. The molecular weight excluding hydrogens is 284 g/mol. The first-order chi connectivity index (χ1) is 10.1. The van der Waals surface area contributed by atoms with Crippen LogP contribution in [0.4, 0.5) is 5.69 Å². The lowest BCUT2D eigenvalue weighted by atomic mass is 9.96. The average molecular weight is 301 g/mol. The lowest BCUT2D eigenvalue weighted by Gasteiger charge is -2.16. The summed E-state index contributed by atoms with van der Waals surface area (Å²) in [5.74, 6) is -0.000846. The van der Waals surface area contributed by atoms with Crippen LogP contribution >= 0.6 is 11.6 Å². The van der Waals surface area contributed by atoms with Crippen LogP contribution in [0.15, 0.2) is 36.4 Å². The number of benzene rings is 2. The second-order valence-corrected chi connectivity index (χ2v) is 5.74. The molecule has 1 unspecified atom stereocenters. The van der Waals surface area contributed by atoms with Gasteiger partial charge in [0.2, 0.25) is 5.91 Å². The molecule has 0 bridgehead atoms. The van der Waals surface area contributed by atoms with Gasteiger partial charge < -0.3 is 11.1 Å². The molecule has 3 rings (SSSR count). The Labute approximate surface area is 129 Å². The highest BCUT2D eigenvalue weighted by Gasteiger charge is 2.22. The number of aryl methyl sites for hydroxylation is 1. The van der Waals surface area contributed by atoms with Gasteiger partial charge in [0.05, 0.1) is 12.5 Å². The summed E-state index contributed by atoms with van der Waals surface area (Å²) in [6.07, 6.45) is 1.39. The van der Waals surface area contributed by atoms with Gasteiger partial charge >= 0.3 is 0 Å². The summed E-state index contributed by atoms with van der Waals surface area (Å²) in [6, 6.07) is 11.7. The van der Waals surface area contributed by atoms with Gasteiger partial charge in [0, 0.05) is 10.7 Å². The van der Waals surface area contributed by atoms with Crippen molar-refractivity contribution >= 4 is 23.2 Å². The maximum absolute atomic E-state index is 11.4. The molecule has 108 valence electrons. The van der Waals surface area contributed by atoms with Gasteiger partial charge in [0.25, 0.3) is 0 Å². The van der Waals surface area contributed by atoms with Crippen LogP contribution < -0.4 is 11.1 Å². The highest BCUT2D eigenvalue weighted by atomic mass is 35.5. The number of carbonyl (C=O) groups is 1. The number of halogens is 1. The quantitative estimate of drug-likeness (QED) is 0.912. The molecule has 0 aliphatic carbocycles. The third-order valence-corrected chi connectivity index (χ3v) is 4.26. The first-order valence-corrected chi connectivity index (χ1v) is 7.43. The molecule has 1 aliphatic rings. The third-order valence-electron chi connectivity index (χ3n) is 3.93. The van der Waals surface area contributed by atoms with E-state index in [0.717, 1.165) is 28.8 Å². The number of anilines is 1. The Balaban J connectivity index is 1.96. The van der Waals surface area contributed by atoms with Crippen molar-refractivity contribution in [3.63, 3.8) is 0 Å². The van der Waals surface area contributed by atoms with Crippen LogP contribution in [0.25, 0.3) is 0 Å². The Hall–Kier alpha value is -1.84. The third kappa shape index (κ3) is 2.67. The van der Waals surface area contributed by atoms with Gasteiger partial charge in [-0.05, 0) is 40.8 Å². The summed E-state index contributed by atoms with van der Waals surface area (Å²) in [4.78, 5) is 11.4. The first kappa shape index (κ1) is 14.1. The van der Waals surface area contributed by atoms with Crippen LogP contribution in [0.5, 0.6) is 0 Å². The smallest absolute Gasteiger partial charge is 0.228 e. The number of fused-ring (bicyclic) bond motifs is 1. The Kier molecular flexibility index (Phi) is 3.70. The fourth-order valence-electron chi connectivity index (χ4n) is 2.65. The molecule has 0 aromatic heterocycles. The van der Waals surface area contributed by atoms with Gasteiger partial charge in [0.15, 0.2) is 0 Å². The van der Waals surface area contributed by atoms with Crippen molar-refractivity contribution in [1.82, 2.24) is 0 Å². The van der Waals surface area contributed by atoms with E-state index in [1.165, 1.54) is 5.56 Å². The molecule has 21 heavy (non-hydrogen) atoms. The minimum absolute atomic E-state index is 0.000846. The number of hydrogen-bond donors (Lipinski definition) is 2. The Morgan fingerprint density at radius 1 is 1.29 bits per heavy atom. The zero-order valence-electron chi connectivity index (χ0n) is 11.8. The fourth-order valence-corrected chi connectivity index (χ4v) is 2.93. The normalized spacial score (nSPS) is 14.7. The molecule has 4 heteroatoms. The second kappa shape index (κ2) is 5.51. The van der Waals surface area contributed by atoms with Crippen molar-refractivity contribution < 1.29 is 4.79 Å². The van der Waals surface area contributed by atoms with Crippen LogP contribution in [0.3, 0.4) is 0 Å². The summed E-state index contributed by atoms with van der Waals surface area (Å²) in [7, 11) is 0. The standard InChI is InChI=1S/C17H17ClN2O/c1-2-10-3-5-11(6-4-10)17(19)13-7-12-8-16(21)20-15(12)9-14(13)18/h3-7,9,17H,2,8,19H2,1H3,(H,20,21). The zero-order valence-corrected chi connectivity index (χ0v) is 12.6. The number of carbonyl (C=O) groups excluding carboxylic acids is 1. The summed E-state index contributed by atoms with van der Waals surface area (Å²) in [5, 5.41) is 3.38. The predicted octanol–water partition coefficient (Wildman–Crippen LogP) is 3.45. The van der Waals surface area contributed by atoms with Crippen molar-refractivity contribution in [2.75, 3.05) is 5.32 Å². The lowest BCUT2D eigenvalue weighted by molar-refractivity contribution is -0.115. The van der Waals surface area contributed by atoms with Crippen LogP contribution in [0.2, 0.25) is 5.02 Å². The summed E-state index contributed by atoms with van der Waals surface area (Å²) in [5.41, 5.74) is 11.3. The van der Waals surface area contributed by atoms with Crippen LogP contribution in [-0.4, -0.2) is 5.91 Å². The Morgan fingerprint density at radius 3 is 2.67 bits per heavy atom. The van der Waals surface area contributed by atoms with E-state index >= 15 is 0 Å². The van der Waals surface area contributed by atoms with Crippen molar-refractivity contribution in [3.8, 4) is 0 Å². The molecule has 1 heterocycles. The number of hydrogen-bond acceptors (Lipinski definition) is 2. The minimum atomic E-state index is -0.288. The number of nitrogens with one attached hydrogen (secondary N) is 1. The molecule has 3 nitrogen and oxygen atoms in total. The largest absolute Gasteiger partial charge is 0.325 e. The van der Waals surface area contributed by atoms with Gasteiger partial charge in [-0.3, -0.25) is 4.79 Å². The number of nitrogens with two attached hydrogens (primary N) is 1. The fraction of sp³-hybridized carbons (Fsp3) is 0.235. The summed E-state index contributed by atoms with van der Waals surface area (Å²) >= 11 is 6.33. The topological polar surface area (TPSA) is 55.1 Å². The Morgan fingerprint density at radius 2 is 2.00 bits per heavy atom. The molecule has 0 spiro atoms. The molecule has 3 N–H and O–H groups in total. The van der Waals surface area contributed by atoms with E-state index in [1.807, 2.05) is 18.2 Å². The van der Waals surface area contributed by atoms with Crippen molar-refractivity contribution in [2.45, 2.75) is 25.8 Å². The number of amides is 1. The van der Waals surface area contributed by atoms with E-state index < -0.39 is 0 Å². The number of rotatable bonds is 3. The van der Waals surface area contributed by atoms with E-state index in [9.17, 15) is 4.79 Å². The van der Waals surface area contributed by atoms with Crippen LogP contribution in [-0.2, 0) is 17.6 Å². The Bertz CT molecular complexity index is 695. The summed E-state index contributed by atoms with van der Waals surface area (Å²) in [6.45, 7) is 2.12. The van der Waals surface area contributed by atoms with E-state index in [4.69, 9.17) is 17.3 Å². The SMILES string of the molecule is CCc1ccc(C(N)c2cc3c(cc2Cl)NC(=O)C3)cc1. The molecular formula is C17H17ClN2O. The molecule has 0 radical (unpaired) electrons.